The number of nitrogens with one attached hydrogen (secondary N) is 1. The lowest BCUT2D eigenvalue weighted by molar-refractivity contribution is -0.121. The fraction of sp³-hybridized carbons (Fsp3) is 0.588. The third-order valence-electron chi connectivity index (χ3n) is 3.10. The van der Waals surface area contributed by atoms with Crippen LogP contribution in [0.2, 0.25) is 0 Å². The van der Waals surface area contributed by atoms with E-state index in [9.17, 15) is 4.79 Å². The molecule has 118 valence electrons. The highest BCUT2D eigenvalue weighted by Crippen LogP contribution is 2.28. The lowest BCUT2D eigenvalue weighted by atomic mass is 10.1. The minimum Gasteiger partial charge on any atom is -0.490 e. The second-order valence-electron chi connectivity index (χ2n) is 4.85. The monoisotopic (exact) mass is 293 g/mol. The van der Waals surface area contributed by atoms with Crippen molar-refractivity contribution in [3.63, 3.8) is 0 Å². The number of ether oxygens (including phenoxy) is 2. The van der Waals surface area contributed by atoms with E-state index >= 15 is 0 Å². The summed E-state index contributed by atoms with van der Waals surface area (Å²) >= 11 is 0. The predicted molar refractivity (Wildman–Crippen MR) is 85.0 cm³/mol. The maximum Gasteiger partial charge on any atom is 0.220 e. The molecule has 0 aliphatic heterocycles. The summed E-state index contributed by atoms with van der Waals surface area (Å²) in [6, 6.07) is 5.87. The zero-order chi connectivity index (χ0) is 15.5. The van der Waals surface area contributed by atoms with Crippen LogP contribution < -0.4 is 14.8 Å². The first-order chi connectivity index (χ1) is 10.2. The molecule has 0 aliphatic carbocycles. The van der Waals surface area contributed by atoms with Crippen LogP contribution in [0.5, 0.6) is 11.5 Å². The van der Waals surface area contributed by atoms with Crippen LogP contribution in [0.25, 0.3) is 0 Å². The van der Waals surface area contributed by atoms with Crippen molar-refractivity contribution in [3.05, 3.63) is 23.8 Å². The molecule has 0 fully saturated rings. The van der Waals surface area contributed by atoms with Gasteiger partial charge in [0.15, 0.2) is 11.5 Å². The van der Waals surface area contributed by atoms with Crippen LogP contribution in [0, 0.1) is 0 Å². The Hall–Kier alpha value is -1.71. The molecule has 0 radical (unpaired) electrons. The van der Waals surface area contributed by atoms with Gasteiger partial charge in [-0.25, -0.2) is 0 Å². The van der Waals surface area contributed by atoms with Gasteiger partial charge in [-0.3, -0.25) is 4.79 Å². The standard InChI is InChI=1S/C17H27NO3/c1-4-7-12-18-17(19)11-9-14-8-10-15(20-5-2)16(13-14)21-6-3/h8,10,13H,4-7,9,11-12H2,1-3H3,(H,18,19). The first kappa shape index (κ1) is 17.3. The van der Waals surface area contributed by atoms with Crippen LogP contribution in [-0.2, 0) is 11.2 Å². The van der Waals surface area contributed by atoms with E-state index in [4.69, 9.17) is 9.47 Å². The Morgan fingerprint density at radius 1 is 1.10 bits per heavy atom. The maximum atomic E-state index is 11.7. The molecule has 1 N–H and O–H groups in total. The summed E-state index contributed by atoms with van der Waals surface area (Å²) in [4.78, 5) is 11.7. The Morgan fingerprint density at radius 2 is 1.81 bits per heavy atom. The Kier molecular flexibility index (Phi) is 8.32. The molecule has 0 unspecified atom stereocenters. The van der Waals surface area contributed by atoms with Crippen LogP contribution in [0.15, 0.2) is 18.2 Å². The number of carbonyl (C=O) groups is 1. The fourth-order valence-electron chi connectivity index (χ4n) is 2.00. The molecular formula is C17H27NO3. The summed E-state index contributed by atoms with van der Waals surface area (Å²) in [5, 5.41) is 2.93. The van der Waals surface area contributed by atoms with Gasteiger partial charge in [0.05, 0.1) is 13.2 Å². The molecule has 0 heterocycles. The molecule has 1 aromatic rings. The summed E-state index contributed by atoms with van der Waals surface area (Å²) < 4.78 is 11.1. The van der Waals surface area contributed by atoms with Gasteiger partial charge >= 0.3 is 0 Å². The first-order valence-corrected chi connectivity index (χ1v) is 7.86. The third kappa shape index (κ3) is 6.52. The zero-order valence-electron chi connectivity index (χ0n) is 13.4. The molecule has 0 spiro atoms. The summed E-state index contributed by atoms with van der Waals surface area (Å²) in [5.41, 5.74) is 1.09. The van der Waals surface area contributed by atoms with E-state index in [1.807, 2.05) is 32.0 Å². The first-order valence-electron chi connectivity index (χ1n) is 7.86. The van der Waals surface area contributed by atoms with Crippen LogP contribution in [0.1, 0.15) is 45.6 Å². The summed E-state index contributed by atoms with van der Waals surface area (Å²) in [7, 11) is 0. The van der Waals surface area contributed by atoms with Gasteiger partial charge in [0.25, 0.3) is 0 Å². The molecule has 0 bridgehead atoms. The minimum atomic E-state index is 0.107. The second kappa shape index (κ2) is 10.1. The van der Waals surface area contributed by atoms with Crippen molar-refractivity contribution in [2.75, 3.05) is 19.8 Å². The quantitative estimate of drug-likeness (QED) is 0.673. The Bertz CT molecular complexity index is 432. The average Bonchev–Trinajstić information content (AvgIpc) is 2.48. The number of benzene rings is 1. The van der Waals surface area contributed by atoms with Gasteiger partial charge in [0.2, 0.25) is 5.91 Å². The van der Waals surface area contributed by atoms with Gasteiger partial charge in [-0.15, -0.1) is 0 Å². The molecule has 0 aromatic heterocycles. The van der Waals surface area contributed by atoms with Gasteiger partial charge in [-0.2, -0.15) is 0 Å². The van der Waals surface area contributed by atoms with E-state index < -0.39 is 0 Å². The predicted octanol–water partition coefficient (Wildman–Crippen LogP) is 3.33. The summed E-state index contributed by atoms with van der Waals surface area (Å²) in [5.74, 6) is 1.62. The Balaban J connectivity index is 2.54. The molecule has 1 amide bonds. The SMILES string of the molecule is CCCCNC(=O)CCc1ccc(OCC)c(OCC)c1. The normalized spacial score (nSPS) is 10.2. The number of hydrogen-bond acceptors (Lipinski definition) is 3. The van der Waals surface area contributed by atoms with Crippen molar-refractivity contribution in [2.24, 2.45) is 0 Å². The van der Waals surface area contributed by atoms with Crippen molar-refractivity contribution in [2.45, 2.75) is 46.5 Å². The lowest BCUT2D eigenvalue weighted by Gasteiger charge is -2.12. The maximum absolute atomic E-state index is 11.7. The second-order valence-corrected chi connectivity index (χ2v) is 4.85. The van der Waals surface area contributed by atoms with Crippen LogP contribution in [0.3, 0.4) is 0 Å². The third-order valence-corrected chi connectivity index (χ3v) is 3.10. The van der Waals surface area contributed by atoms with Crippen LogP contribution >= 0.6 is 0 Å². The molecule has 21 heavy (non-hydrogen) atoms. The number of aryl methyl sites for hydroxylation is 1. The molecule has 0 atom stereocenters. The highest BCUT2D eigenvalue weighted by atomic mass is 16.5. The van der Waals surface area contributed by atoms with Gasteiger partial charge in [0, 0.05) is 13.0 Å². The summed E-state index contributed by atoms with van der Waals surface area (Å²) in [6.07, 6.45) is 3.34. The van der Waals surface area contributed by atoms with E-state index in [2.05, 4.69) is 12.2 Å². The van der Waals surface area contributed by atoms with Crippen LogP contribution in [-0.4, -0.2) is 25.7 Å². The Labute approximate surface area is 127 Å². The topological polar surface area (TPSA) is 47.6 Å². The summed E-state index contributed by atoms with van der Waals surface area (Å²) in [6.45, 7) is 7.98. The number of hydrogen-bond donors (Lipinski definition) is 1. The van der Waals surface area contributed by atoms with Gasteiger partial charge < -0.3 is 14.8 Å². The zero-order valence-corrected chi connectivity index (χ0v) is 13.4. The van der Waals surface area contributed by atoms with Crippen molar-refractivity contribution >= 4 is 5.91 Å². The molecule has 4 nitrogen and oxygen atoms in total. The number of carbonyl (C=O) groups excluding carboxylic acids is 1. The average molecular weight is 293 g/mol. The molecule has 0 aliphatic rings. The van der Waals surface area contributed by atoms with E-state index in [0.29, 0.717) is 26.1 Å². The van der Waals surface area contributed by atoms with Crippen LogP contribution in [0.4, 0.5) is 0 Å². The largest absolute Gasteiger partial charge is 0.490 e. The highest BCUT2D eigenvalue weighted by molar-refractivity contribution is 5.76. The molecule has 0 saturated carbocycles. The van der Waals surface area contributed by atoms with E-state index in [-0.39, 0.29) is 5.91 Å². The number of unbranched alkanes of at least 4 members (excludes halogenated alkanes) is 1. The van der Waals surface area contributed by atoms with E-state index in [1.165, 1.54) is 0 Å². The van der Waals surface area contributed by atoms with Gasteiger partial charge in [-0.1, -0.05) is 19.4 Å². The van der Waals surface area contributed by atoms with Gasteiger partial charge in [-0.05, 0) is 44.4 Å². The fourth-order valence-corrected chi connectivity index (χ4v) is 2.00. The van der Waals surface area contributed by atoms with Crippen molar-refractivity contribution < 1.29 is 14.3 Å². The molecular weight excluding hydrogens is 266 g/mol. The number of amides is 1. The van der Waals surface area contributed by atoms with Crippen molar-refractivity contribution in [1.29, 1.82) is 0 Å². The van der Waals surface area contributed by atoms with E-state index in [0.717, 1.165) is 36.4 Å². The highest BCUT2D eigenvalue weighted by Gasteiger charge is 2.07. The lowest BCUT2D eigenvalue weighted by Crippen LogP contribution is -2.24. The molecule has 1 rings (SSSR count). The molecule has 1 aromatic carbocycles. The van der Waals surface area contributed by atoms with E-state index in [1.54, 1.807) is 0 Å². The van der Waals surface area contributed by atoms with Gasteiger partial charge in [0.1, 0.15) is 0 Å². The molecule has 4 heteroatoms. The van der Waals surface area contributed by atoms with Crippen molar-refractivity contribution in [1.82, 2.24) is 5.32 Å². The smallest absolute Gasteiger partial charge is 0.220 e. The minimum absolute atomic E-state index is 0.107. The van der Waals surface area contributed by atoms with Crippen molar-refractivity contribution in [3.8, 4) is 11.5 Å². The molecule has 0 saturated heterocycles. The number of rotatable bonds is 10. The Morgan fingerprint density at radius 3 is 2.48 bits per heavy atom.